The summed E-state index contributed by atoms with van der Waals surface area (Å²) in [6.07, 6.45) is 9.48. The summed E-state index contributed by atoms with van der Waals surface area (Å²) in [5, 5.41) is 11.9. The summed E-state index contributed by atoms with van der Waals surface area (Å²) in [4.78, 5) is 24.0. The zero-order chi connectivity index (χ0) is 29.2. The van der Waals surface area contributed by atoms with Crippen LogP contribution in [0.2, 0.25) is 18.1 Å². The normalized spacial score (nSPS) is 22.2. The molecule has 5 nitrogen and oxygen atoms in total. The van der Waals surface area contributed by atoms with Crippen LogP contribution in [-0.4, -0.2) is 36.4 Å². The molecule has 220 valence electrons. The maximum atomic E-state index is 12.7. The Bertz CT molecular complexity index is 1050. The highest BCUT2D eigenvalue weighted by Gasteiger charge is 2.48. The van der Waals surface area contributed by atoms with Crippen molar-refractivity contribution in [2.75, 3.05) is 6.61 Å². The molecule has 0 saturated carbocycles. The number of hydrogen-bond acceptors (Lipinski definition) is 5. The Morgan fingerprint density at radius 3 is 2.49 bits per heavy atom. The van der Waals surface area contributed by atoms with E-state index in [2.05, 4.69) is 53.7 Å². The molecular weight excluding hydrogens is 504 g/mol. The van der Waals surface area contributed by atoms with E-state index in [0.29, 0.717) is 24.7 Å². The van der Waals surface area contributed by atoms with E-state index in [1.54, 1.807) is 6.92 Å². The Balaban J connectivity index is 2.20. The molecule has 1 aliphatic carbocycles. The van der Waals surface area contributed by atoms with Gasteiger partial charge in [-0.2, -0.15) is 0 Å². The van der Waals surface area contributed by atoms with Gasteiger partial charge in [0.1, 0.15) is 17.0 Å². The number of rotatable bonds is 12. The Kier molecular flexibility index (Phi) is 9.88. The second-order valence-corrected chi connectivity index (χ2v) is 18.4. The molecule has 3 rings (SSSR count). The standard InChI is InChI=1S/C33H54O5Si/c1-10-12-13-14-17-33(35,22-29(34)37-11-2)25-19-24(21-31(4,5)39(8,9)36)30-26-18-23(3)15-16-27(26)32(6,7)38-28(30)20-25/h15,19-20,26-27,35-36H,10-14,16-18,21-22H2,1-9H3/t26-,27-,33?/m1/s1. The van der Waals surface area contributed by atoms with E-state index >= 15 is 0 Å². The highest BCUT2D eigenvalue weighted by atomic mass is 28.4. The maximum absolute atomic E-state index is 12.7. The van der Waals surface area contributed by atoms with E-state index in [-0.39, 0.29) is 29.6 Å². The number of carbonyl (C=O) groups is 1. The maximum Gasteiger partial charge on any atom is 0.309 e. The van der Waals surface area contributed by atoms with Gasteiger partial charge in [0.05, 0.1) is 13.0 Å². The highest BCUT2D eigenvalue weighted by molar-refractivity contribution is 6.72. The number of fused-ring (bicyclic) bond motifs is 3. The first kappa shape index (κ1) is 31.9. The van der Waals surface area contributed by atoms with Gasteiger partial charge < -0.3 is 19.4 Å². The van der Waals surface area contributed by atoms with Crippen LogP contribution in [0, 0.1) is 5.92 Å². The third-order valence-electron chi connectivity index (χ3n) is 9.62. The lowest BCUT2D eigenvalue weighted by molar-refractivity contribution is -0.149. The molecule has 0 amide bonds. The topological polar surface area (TPSA) is 76.0 Å². The number of ether oxygens (including phenoxy) is 2. The van der Waals surface area contributed by atoms with Gasteiger partial charge in [-0.05, 0) is 94.6 Å². The number of hydrogen-bond donors (Lipinski definition) is 2. The fourth-order valence-electron chi connectivity index (χ4n) is 6.42. The molecule has 0 fully saturated rings. The number of allylic oxidation sites excluding steroid dienone is 2. The van der Waals surface area contributed by atoms with E-state index in [1.807, 2.05) is 19.2 Å². The van der Waals surface area contributed by atoms with Gasteiger partial charge in [-0.15, -0.1) is 0 Å². The minimum atomic E-state index is -2.52. The number of aliphatic hydroxyl groups is 1. The van der Waals surface area contributed by atoms with E-state index in [0.717, 1.165) is 55.4 Å². The number of esters is 1. The molecule has 0 radical (unpaired) electrons. The Hall–Kier alpha value is -1.63. The summed E-state index contributed by atoms with van der Waals surface area (Å²) in [6, 6.07) is 4.14. The van der Waals surface area contributed by atoms with Gasteiger partial charge in [0.2, 0.25) is 0 Å². The van der Waals surface area contributed by atoms with Crippen molar-refractivity contribution in [1.82, 2.24) is 0 Å². The Morgan fingerprint density at radius 1 is 1.18 bits per heavy atom. The van der Waals surface area contributed by atoms with E-state index in [9.17, 15) is 14.7 Å². The summed E-state index contributed by atoms with van der Waals surface area (Å²) < 4.78 is 12.1. The van der Waals surface area contributed by atoms with Crippen molar-refractivity contribution in [3.63, 3.8) is 0 Å². The zero-order valence-electron chi connectivity index (χ0n) is 26.1. The number of unbranched alkanes of at least 4 members (excludes halogenated alkanes) is 3. The van der Waals surface area contributed by atoms with Crippen LogP contribution in [0.1, 0.15) is 122 Å². The second-order valence-electron chi connectivity index (χ2n) is 13.9. The Morgan fingerprint density at radius 2 is 1.87 bits per heavy atom. The largest absolute Gasteiger partial charge is 0.487 e. The van der Waals surface area contributed by atoms with Gasteiger partial charge in [0.25, 0.3) is 0 Å². The molecule has 6 heteroatoms. The van der Waals surface area contributed by atoms with E-state index < -0.39 is 13.9 Å². The summed E-state index contributed by atoms with van der Waals surface area (Å²) in [5.74, 6) is 1.12. The fourth-order valence-corrected chi connectivity index (χ4v) is 7.05. The third-order valence-corrected chi connectivity index (χ3v) is 13.1. The molecule has 2 N–H and O–H groups in total. The van der Waals surface area contributed by atoms with Gasteiger partial charge in [0.15, 0.2) is 8.32 Å². The number of carbonyl (C=O) groups excluding carboxylic acids is 1. The minimum Gasteiger partial charge on any atom is -0.487 e. The lowest BCUT2D eigenvalue weighted by Crippen LogP contribution is -2.46. The van der Waals surface area contributed by atoms with Gasteiger partial charge in [-0.25, -0.2) is 0 Å². The van der Waals surface area contributed by atoms with Crippen LogP contribution < -0.4 is 4.74 Å². The van der Waals surface area contributed by atoms with Crippen LogP contribution in [-0.2, 0) is 21.6 Å². The quantitative estimate of drug-likeness (QED) is 0.118. The Labute approximate surface area is 238 Å². The first-order valence-electron chi connectivity index (χ1n) is 15.2. The molecule has 1 heterocycles. The van der Waals surface area contributed by atoms with E-state index in [4.69, 9.17) is 9.47 Å². The molecule has 0 saturated heterocycles. The van der Waals surface area contributed by atoms with Crippen molar-refractivity contribution in [3.05, 3.63) is 40.5 Å². The lowest BCUT2D eigenvalue weighted by atomic mass is 9.65. The van der Waals surface area contributed by atoms with Crippen molar-refractivity contribution in [1.29, 1.82) is 0 Å². The molecule has 0 spiro atoms. The van der Waals surface area contributed by atoms with Crippen LogP contribution in [0.15, 0.2) is 23.8 Å². The first-order valence-corrected chi connectivity index (χ1v) is 18.1. The molecule has 1 aliphatic heterocycles. The van der Waals surface area contributed by atoms with Crippen LogP contribution in [0.5, 0.6) is 5.75 Å². The van der Waals surface area contributed by atoms with E-state index in [1.165, 1.54) is 11.1 Å². The van der Waals surface area contributed by atoms with Gasteiger partial charge >= 0.3 is 5.97 Å². The van der Waals surface area contributed by atoms with Crippen LogP contribution in [0.4, 0.5) is 0 Å². The van der Waals surface area contributed by atoms with Gasteiger partial charge in [-0.1, -0.05) is 64.2 Å². The molecular formula is C33H54O5Si. The van der Waals surface area contributed by atoms with Crippen molar-refractivity contribution in [3.8, 4) is 5.75 Å². The van der Waals surface area contributed by atoms with Crippen molar-refractivity contribution in [2.24, 2.45) is 5.92 Å². The lowest BCUT2D eigenvalue weighted by Gasteiger charge is -2.48. The predicted molar refractivity (Wildman–Crippen MR) is 162 cm³/mol. The molecule has 1 aromatic carbocycles. The summed E-state index contributed by atoms with van der Waals surface area (Å²) in [7, 11) is -2.52. The summed E-state index contributed by atoms with van der Waals surface area (Å²) in [5.41, 5.74) is 2.80. The average Bonchev–Trinajstić information content (AvgIpc) is 2.80. The van der Waals surface area contributed by atoms with Gasteiger partial charge in [-0.3, -0.25) is 4.79 Å². The average molecular weight is 559 g/mol. The van der Waals surface area contributed by atoms with Crippen LogP contribution in [0.3, 0.4) is 0 Å². The summed E-state index contributed by atoms with van der Waals surface area (Å²) in [6.45, 7) is 19.2. The monoisotopic (exact) mass is 558 g/mol. The third kappa shape index (κ3) is 7.18. The number of benzene rings is 1. The molecule has 0 bridgehead atoms. The van der Waals surface area contributed by atoms with Crippen molar-refractivity contribution >= 4 is 14.3 Å². The molecule has 1 aromatic rings. The molecule has 3 atom stereocenters. The fraction of sp³-hybridized carbons (Fsp3) is 0.727. The SMILES string of the molecule is CCCCCCC(O)(CC(=O)OCC)c1cc(CC(C)(C)[Si](C)(C)O)c2c(c1)OC(C)(C)[C@@H]1CC=C(C)C[C@@H]21. The van der Waals surface area contributed by atoms with Crippen molar-refractivity contribution in [2.45, 2.75) is 142 Å². The van der Waals surface area contributed by atoms with Gasteiger partial charge in [0, 0.05) is 11.5 Å². The zero-order valence-corrected chi connectivity index (χ0v) is 27.1. The molecule has 0 aromatic heterocycles. The van der Waals surface area contributed by atoms with Crippen LogP contribution >= 0.6 is 0 Å². The second kappa shape index (κ2) is 12.1. The highest BCUT2D eigenvalue weighted by Crippen LogP contribution is 2.55. The van der Waals surface area contributed by atoms with Crippen LogP contribution in [0.25, 0.3) is 0 Å². The smallest absolute Gasteiger partial charge is 0.309 e. The molecule has 39 heavy (non-hydrogen) atoms. The van der Waals surface area contributed by atoms with Crippen molar-refractivity contribution < 1.29 is 24.2 Å². The first-order chi connectivity index (χ1) is 18.0. The molecule has 2 aliphatic rings. The predicted octanol–water partition coefficient (Wildman–Crippen LogP) is 7.93. The summed E-state index contributed by atoms with van der Waals surface area (Å²) >= 11 is 0. The molecule has 1 unspecified atom stereocenters. The minimum absolute atomic E-state index is 0.0773.